The average Bonchev–Trinajstić information content (AvgIpc) is 3.22. The largest absolute Gasteiger partial charge is 0.368 e. The number of carbonyl (C=O) groups is 4. The third-order valence-corrected chi connectivity index (χ3v) is 5.73. The van der Waals surface area contributed by atoms with Crippen molar-refractivity contribution in [1.82, 2.24) is 15.3 Å². The number of Topliss-reactive ketones (excluding diaryl/α,β-unsaturated/α-hetero) is 2. The first kappa shape index (κ1) is 26.9. The van der Waals surface area contributed by atoms with Gasteiger partial charge >= 0.3 is 0 Å². The van der Waals surface area contributed by atoms with Gasteiger partial charge in [-0.15, -0.1) is 0 Å². The lowest BCUT2D eigenvalue weighted by Gasteiger charge is -2.23. The quantitative estimate of drug-likeness (QED) is 0.352. The van der Waals surface area contributed by atoms with Crippen LogP contribution in [0.25, 0.3) is 0 Å². The van der Waals surface area contributed by atoms with Crippen molar-refractivity contribution >= 4 is 35.1 Å². The summed E-state index contributed by atoms with van der Waals surface area (Å²) in [4.78, 5) is 56.7. The molecule has 1 aromatic rings. The number of hydrogen-bond acceptors (Lipinski definition) is 6. The molecule has 9 heteroatoms. The minimum absolute atomic E-state index is 0.00776. The van der Waals surface area contributed by atoms with E-state index in [1.807, 2.05) is 20.1 Å². The Hall–Kier alpha value is -2.16. The molecule has 0 aliphatic heterocycles. The molecule has 31 heavy (non-hydrogen) atoms. The van der Waals surface area contributed by atoms with Crippen LogP contribution in [0, 0.1) is 24.2 Å². The van der Waals surface area contributed by atoms with E-state index < -0.39 is 23.8 Å². The van der Waals surface area contributed by atoms with Crippen molar-refractivity contribution in [2.24, 2.45) is 23.5 Å². The number of imidazole rings is 1. The zero-order chi connectivity index (χ0) is 23.4. The summed E-state index contributed by atoms with van der Waals surface area (Å²) in [6.45, 7) is 5.59. The highest BCUT2D eigenvalue weighted by Gasteiger charge is 2.30. The number of nitrogens with two attached hydrogens (primary N) is 1. The number of ketones is 2. The number of nitrogens with one attached hydrogen (secondary N) is 2. The second-order valence-corrected chi connectivity index (χ2v) is 9.16. The van der Waals surface area contributed by atoms with Crippen LogP contribution in [0.1, 0.15) is 52.1 Å². The van der Waals surface area contributed by atoms with Crippen molar-refractivity contribution < 1.29 is 19.2 Å². The van der Waals surface area contributed by atoms with Crippen LogP contribution in [-0.4, -0.2) is 51.4 Å². The zero-order valence-corrected chi connectivity index (χ0v) is 19.7. The van der Waals surface area contributed by atoms with Gasteiger partial charge in [-0.1, -0.05) is 20.8 Å². The Morgan fingerprint density at radius 2 is 1.94 bits per heavy atom. The number of amides is 2. The minimum Gasteiger partial charge on any atom is -0.368 e. The summed E-state index contributed by atoms with van der Waals surface area (Å²) in [7, 11) is 0. The monoisotopic (exact) mass is 451 g/mol. The molecule has 3 atom stereocenters. The van der Waals surface area contributed by atoms with Gasteiger partial charge in [-0.25, -0.2) is 4.98 Å². The van der Waals surface area contributed by atoms with Crippen molar-refractivity contribution in [3.63, 3.8) is 0 Å². The lowest BCUT2D eigenvalue weighted by molar-refractivity contribution is -0.134. The third kappa shape index (κ3) is 10.1. The van der Waals surface area contributed by atoms with E-state index in [4.69, 9.17) is 5.73 Å². The second-order valence-electron chi connectivity index (χ2n) is 8.18. The standard InChI is InChI=1S/C22H35N4O4S/c1-5-18(27)10-15(9-17-12-24-13-25-17)20(28)11-16(8-14(2)3)22(30)26-19(21(23)29)6-7-31-4/h5,12-16,19H,6-11H2,1-4H3,(H2,23,29)(H,24,25)(H,26,30). The fourth-order valence-corrected chi connectivity index (χ4v) is 3.87. The first-order chi connectivity index (χ1) is 14.7. The number of aromatic nitrogens is 2. The molecule has 0 aromatic carbocycles. The van der Waals surface area contributed by atoms with Gasteiger partial charge < -0.3 is 16.0 Å². The van der Waals surface area contributed by atoms with E-state index in [-0.39, 0.29) is 36.2 Å². The molecule has 1 heterocycles. The summed E-state index contributed by atoms with van der Waals surface area (Å²) >= 11 is 1.56. The Labute approximate surface area is 188 Å². The highest BCUT2D eigenvalue weighted by atomic mass is 32.2. The Morgan fingerprint density at radius 3 is 2.45 bits per heavy atom. The maximum atomic E-state index is 13.1. The number of aromatic amines is 1. The van der Waals surface area contributed by atoms with Gasteiger partial charge in [0.15, 0.2) is 0 Å². The smallest absolute Gasteiger partial charge is 0.240 e. The van der Waals surface area contributed by atoms with E-state index in [1.165, 1.54) is 12.7 Å². The molecule has 8 nitrogen and oxygen atoms in total. The molecule has 173 valence electrons. The first-order valence-electron chi connectivity index (χ1n) is 10.6. The predicted molar refractivity (Wildman–Crippen MR) is 122 cm³/mol. The molecule has 0 spiro atoms. The maximum absolute atomic E-state index is 13.1. The summed E-state index contributed by atoms with van der Waals surface area (Å²) in [6.07, 6.45) is 7.90. The zero-order valence-electron chi connectivity index (χ0n) is 18.8. The number of nitrogens with zero attached hydrogens (tertiary/aromatic N) is 1. The van der Waals surface area contributed by atoms with Crippen LogP contribution in [0.4, 0.5) is 0 Å². The number of H-pyrrole nitrogens is 1. The Bertz CT molecular complexity index is 721. The molecule has 0 bridgehead atoms. The van der Waals surface area contributed by atoms with E-state index in [1.54, 1.807) is 24.9 Å². The van der Waals surface area contributed by atoms with Crippen molar-refractivity contribution in [2.45, 2.75) is 58.9 Å². The first-order valence-corrected chi connectivity index (χ1v) is 12.0. The summed E-state index contributed by atoms with van der Waals surface area (Å²) in [5.74, 6) is -1.47. The lowest BCUT2D eigenvalue weighted by atomic mass is 9.84. The normalized spacial score (nSPS) is 14.1. The summed E-state index contributed by atoms with van der Waals surface area (Å²) in [5.41, 5.74) is 6.20. The van der Waals surface area contributed by atoms with Gasteiger partial charge in [-0.05, 0) is 37.2 Å². The van der Waals surface area contributed by atoms with Crippen molar-refractivity contribution in [3.05, 3.63) is 24.6 Å². The fourth-order valence-electron chi connectivity index (χ4n) is 3.39. The number of carbonyl (C=O) groups excluding carboxylic acids is 4. The number of rotatable bonds is 16. The molecule has 3 unspecified atom stereocenters. The Balaban J connectivity index is 2.94. The molecule has 1 rings (SSSR count). The van der Waals surface area contributed by atoms with E-state index in [0.29, 0.717) is 25.0 Å². The topological polar surface area (TPSA) is 135 Å². The Kier molecular flexibility index (Phi) is 12.1. The van der Waals surface area contributed by atoms with Gasteiger partial charge in [0.1, 0.15) is 17.6 Å². The van der Waals surface area contributed by atoms with E-state index >= 15 is 0 Å². The lowest BCUT2D eigenvalue weighted by Crippen LogP contribution is -2.47. The molecule has 0 saturated heterocycles. The average molecular weight is 452 g/mol. The van der Waals surface area contributed by atoms with E-state index in [9.17, 15) is 19.2 Å². The van der Waals surface area contributed by atoms with Crippen LogP contribution >= 0.6 is 11.8 Å². The van der Waals surface area contributed by atoms with E-state index in [0.717, 1.165) is 5.69 Å². The SMILES string of the molecule is C[CH]C(=O)CC(Cc1cnc[nH]1)C(=O)CC(CC(C)C)C(=O)NC(CCSC)C(N)=O. The molecule has 0 aliphatic rings. The van der Waals surface area contributed by atoms with Crippen LogP contribution in [0.3, 0.4) is 0 Å². The Morgan fingerprint density at radius 1 is 1.23 bits per heavy atom. The summed E-state index contributed by atoms with van der Waals surface area (Å²) in [6, 6.07) is -0.762. The molecule has 4 N–H and O–H groups in total. The molecule has 0 fully saturated rings. The molecule has 0 aliphatic carbocycles. The molecule has 0 saturated carbocycles. The van der Waals surface area contributed by atoms with Crippen molar-refractivity contribution in [3.8, 4) is 0 Å². The predicted octanol–water partition coefficient (Wildman–Crippen LogP) is 2.10. The van der Waals surface area contributed by atoms with Crippen molar-refractivity contribution in [1.29, 1.82) is 0 Å². The van der Waals surface area contributed by atoms with Crippen LogP contribution in [0.15, 0.2) is 12.5 Å². The van der Waals surface area contributed by atoms with Crippen molar-refractivity contribution in [2.75, 3.05) is 12.0 Å². The van der Waals surface area contributed by atoms with Crippen LogP contribution in [0.5, 0.6) is 0 Å². The van der Waals surface area contributed by atoms with Gasteiger partial charge in [0.25, 0.3) is 0 Å². The highest BCUT2D eigenvalue weighted by molar-refractivity contribution is 7.98. The van der Waals surface area contributed by atoms with Gasteiger partial charge in [-0.2, -0.15) is 11.8 Å². The molecular formula is C22H35N4O4S. The summed E-state index contributed by atoms with van der Waals surface area (Å²) in [5, 5.41) is 2.73. The van der Waals surface area contributed by atoms with E-state index in [2.05, 4.69) is 15.3 Å². The third-order valence-electron chi connectivity index (χ3n) is 5.09. The van der Waals surface area contributed by atoms with Crippen LogP contribution in [-0.2, 0) is 25.6 Å². The number of primary amides is 1. The molecular weight excluding hydrogens is 416 g/mol. The van der Waals surface area contributed by atoms with Crippen LogP contribution in [0.2, 0.25) is 0 Å². The minimum atomic E-state index is -0.762. The molecule has 2 amide bonds. The second kappa shape index (κ2) is 14.0. The van der Waals surface area contributed by atoms with Gasteiger partial charge in [0.05, 0.1) is 6.33 Å². The van der Waals surface area contributed by atoms with Gasteiger partial charge in [0, 0.05) is 43.0 Å². The van der Waals surface area contributed by atoms with Crippen LogP contribution < -0.4 is 11.1 Å². The number of hydrogen-bond donors (Lipinski definition) is 3. The van der Waals surface area contributed by atoms with Gasteiger partial charge in [-0.3, -0.25) is 19.2 Å². The van der Waals surface area contributed by atoms with Gasteiger partial charge in [0.2, 0.25) is 11.8 Å². The molecule has 1 aromatic heterocycles. The fraction of sp³-hybridized carbons (Fsp3) is 0.636. The summed E-state index contributed by atoms with van der Waals surface area (Å²) < 4.78 is 0. The highest BCUT2D eigenvalue weighted by Crippen LogP contribution is 2.22. The molecule has 1 radical (unpaired) electrons. The maximum Gasteiger partial charge on any atom is 0.240 e. The number of thioether (sulfide) groups is 1.